The molecule has 6 nitrogen and oxygen atoms in total. The van der Waals surface area contributed by atoms with Crippen LogP contribution in [0.25, 0.3) is 0 Å². The molecule has 0 aliphatic heterocycles. The highest BCUT2D eigenvalue weighted by molar-refractivity contribution is 5.34. The van der Waals surface area contributed by atoms with Crippen molar-refractivity contribution in [1.29, 1.82) is 0 Å². The first kappa shape index (κ1) is 9.82. The van der Waals surface area contributed by atoms with Crippen LogP contribution in [0.5, 0.6) is 0 Å². The van der Waals surface area contributed by atoms with Crippen LogP contribution in [0.3, 0.4) is 0 Å². The van der Waals surface area contributed by atoms with Crippen LogP contribution in [0, 0.1) is 10.1 Å². The molecule has 6 heteroatoms. The monoisotopic (exact) mass is 208 g/mol. The molecule has 0 spiro atoms. The van der Waals surface area contributed by atoms with Gasteiger partial charge < -0.3 is 5.32 Å². The summed E-state index contributed by atoms with van der Waals surface area (Å²) >= 11 is 0. The third kappa shape index (κ3) is 2.03. The molecule has 0 unspecified atom stereocenters. The molecule has 1 heterocycles. The maximum Gasteiger partial charge on any atom is 0.305 e. The molecule has 0 atom stereocenters. The number of rotatable bonds is 3. The highest BCUT2D eigenvalue weighted by atomic mass is 16.6. The average Bonchev–Trinajstić information content (AvgIpc) is 2.16. The Morgan fingerprint density at radius 1 is 1.47 bits per heavy atom. The van der Waals surface area contributed by atoms with E-state index >= 15 is 0 Å². The lowest BCUT2D eigenvalue weighted by atomic mass is 9.79. The van der Waals surface area contributed by atoms with E-state index in [1.807, 2.05) is 0 Å². The largest absolute Gasteiger partial charge is 0.349 e. The third-order valence-electron chi connectivity index (χ3n) is 2.72. The molecule has 1 aromatic rings. The Bertz CT molecular complexity index is 372. The topological polar surface area (TPSA) is 81.0 Å². The minimum atomic E-state index is -0.505. The van der Waals surface area contributed by atoms with Crippen molar-refractivity contribution in [3.63, 3.8) is 0 Å². The molecule has 0 bridgehead atoms. The van der Waals surface area contributed by atoms with Gasteiger partial charge in [-0.1, -0.05) is 0 Å². The molecule has 0 saturated heterocycles. The van der Waals surface area contributed by atoms with Crippen LogP contribution in [-0.4, -0.2) is 20.4 Å². The molecule has 1 aromatic heterocycles. The third-order valence-corrected chi connectivity index (χ3v) is 2.72. The number of aromatic nitrogens is 2. The predicted octanol–water partition coefficient (Wildman–Crippen LogP) is 1.74. The van der Waals surface area contributed by atoms with Crippen LogP contribution in [-0.2, 0) is 0 Å². The van der Waals surface area contributed by atoms with Gasteiger partial charge in [-0.3, -0.25) is 10.1 Å². The Morgan fingerprint density at radius 3 is 2.47 bits per heavy atom. The summed E-state index contributed by atoms with van der Waals surface area (Å²) < 4.78 is 0. The summed E-state index contributed by atoms with van der Waals surface area (Å²) in [5.74, 6) is 0.461. The minimum absolute atomic E-state index is 0.0656. The second-order valence-corrected chi connectivity index (χ2v) is 4.06. The van der Waals surface area contributed by atoms with Crippen LogP contribution in [0.15, 0.2) is 12.4 Å². The number of hydrogen-bond acceptors (Lipinski definition) is 5. The van der Waals surface area contributed by atoms with Crippen LogP contribution in [0.1, 0.15) is 26.2 Å². The molecular formula is C9H12N4O2. The number of nitro groups is 1. The van der Waals surface area contributed by atoms with Gasteiger partial charge in [0.05, 0.1) is 4.92 Å². The van der Waals surface area contributed by atoms with E-state index in [-0.39, 0.29) is 11.2 Å². The van der Waals surface area contributed by atoms with E-state index in [0.29, 0.717) is 5.95 Å². The molecular weight excluding hydrogens is 196 g/mol. The highest BCUT2D eigenvalue weighted by Gasteiger charge is 2.32. The van der Waals surface area contributed by atoms with Gasteiger partial charge in [-0.15, -0.1) is 0 Å². The lowest BCUT2D eigenvalue weighted by Crippen LogP contribution is -2.42. The van der Waals surface area contributed by atoms with Crippen LogP contribution in [0.4, 0.5) is 11.6 Å². The Balaban J connectivity index is 2.07. The van der Waals surface area contributed by atoms with Gasteiger partial charge >= 0.3 is 5.69 Å². The normalized spacial score (nSPS) is 17.9. The Hall–Kier alpha value is -1.72. The quantitative estimate of drug-likeness (QED) is 0.604. The van der Waals surface area contributed by atoms with Gasteiger partial charge in [0.1, 0.15) is 12.4 Å². The first-order valence-electron chi connectivity index (χ1n) is 4.84. The summed E-state index contributed by atoms with van der Waals surface area (Å²) in [5, 5.41) is 13.5. The SMILES string of the molecule is CC1(Nc2ncc([N+](=O)[O-])cn2)CCC1. The zero-order valence-corrected chi connectivity index (χ0v) is 8.43. The van der Waals surface area contributed by atoms with Crippen molar-refractivity contribution in [1.82, 2.24) is 9.97 Å². The standard InChI is InChI=1S/C9H12N4O2/c1-9(3-2-4-9)12-8-10-5-7(6-11-8)13(14)15/h5-6H,2-4H2,1H3,(H,10,11,12). The van der Waals surface area contributed by atoms with Crippen LogP contribution < -0.4 is 5.32 Å². The summed E-state index contributed by atoms with van der Waals surface area (Å²) in [6, 6.07) is 0. The molecule has 1 N–H and O–H groups in total. The average molecular weight is 208 g/mol. The van der Waals surface area contributed by atoms with E-state index < -0.39 is 4.92 Å². The number of hydrogen-bond donors (Lipinski definition) is 1. The van der Waals surface area contributed by atoms with Crippen molar-refractivity contribution in [2.45, 2.75) is 31.7 Å². The van der Waals surface area contributed by atoms with E-state index in [0.717, 1.165) is 12.8 Å². The Labute approximate surface area is 86.9 Å². The smallest absolute Gasteiger partial charge is 0.305 e. The molecule has 2 rings (SSSR count). The van der Waals surface area contributed by atoms with Crippen LogP contribution >= 0.6 is 0 Å². The van der Waals surface area contributed by atoms with Gasteiger partial charge in [-0.2, -0.15) is 0 Å². The van der Waals surface area contributed by atoms with E-state index in [1.165, 1.54) is 18.8 Å². The van der Waals surface area contributed by atoms with Gasteiger partial charge in [0.15, 0.2) is 0 Å². The molecule has 0 amide bonds. The molecule has 1 fully saturated rings. The second-order valence-electron chi connectivity index (χ2n) is 4.06. The van der Waals surface area contributed by atoms with Crippen molar-refractivity contribution in [3.05, 3.63) is 22.5 Å². The van der Waals surface area contributed by atoms with Gasteiger partial charge in [-0.25, -0.2) is 9.97 Å². The summed E-state index contributed by atoms with van der Waals surface area (Å²) in [6.45, 7) is 2.10. The van der Waals surface area contributed by atoms with Gasteiger partial charge in [0.2, 0.25) is 5.95 Å². The molecule has 1 saturated carbocycles. The highest BCUT2D eigenvalue weighted by Crippen LogP contribution is 2.33. The van der Waals surface area contributed by atoms with Crippen molar-refractivity contribution < 1.29 is 4.92 Å². The maximum absolute atomic E-state index is 10.4. The summed E-state index contributed by atoms with van der Waals surface area (Å²) in [4.78, 5) is 17.7. The summed E-state index contributed by atoms with van der Waals surface area (Å²) in [7, 11) is 0. The fourth-order valence-electron chi connectivity index (χ4n) is 1.58. The first-order valence-corrected chi connectivity index (χ1v) is 4.84. The van der Waals surface area contributed by atoms with Crippen molar-refractivity contribution >= 4 is 11.6 Å². The second kappa shape index (κ2) is 3.45. The van der Waals surface area contributed by atoms with Crippen LogP contribution in [0.2, 0.25) is 0 Å². The first-order chi connectivity index (χ1) is 7.09. The molecule has 15 heavy (non-hydrogen) atoms. The maximum atomic E-state index is 10.4. The summed E-state index contributed by atoms with van der Waals surface area (Å²) in [6.07, 6.45) is 5.83. The molecule has 0 aromatic carbocycles. The van der Waals surface area contributed by atoms with Crippen molar-refractivity contribution in [2.75, 3.05) is 5.32 Å². The summed E-state index contributed by atoms with van der Waals surface area (Å²) in [5.41, 5.74) is -0.0184. The van der Waals surface area contributed by atoms with E-state index in [4.69, 9.17) is 0 Å². The van der Waals surface area contributed by atoms with Gasteiger partial charge in [0.25, 0.3) is 0 Å². The molecule has 1 aliphatic rings. The molecule has 0 radical (unpaired) electrons. The fourth-order valence-corrected chi connectivity index (χ4v) is 1.58. The van der Waals surface area contributed by atoms with E-state index in [9.17, 15) is 10.1 Å². The van der Waals surface area contributed by atoms with Gasteiger partial charge in [-0.05, 0) is 26.2 Å². The molecule has 1 aliphatic carbocycles. The number of nitrogens with one attached hydrogen (secondary N) is 1. The minimum Gasteiger partial charge on any atom is -0.349 e. The fraction of sp³-hybridized carbons (Fsp3) is 0.556. The van der Waals surface area contributed by atoms with Crippen molar-refractivity contribution in [3.8, 4) is 0 Å². The Kier molecular flexibility index (Phi) is 2.26. The Morgan fingerprint density at radius 2 is 2.07 bits per heavy atom. The van der Waals surface area contributed by atoms with E-state index in [1.54, 1.807) is 0 Å². The van der Waals surface area contributed by atoms with Crippen molar-refractivity contribution in [2.24, 2.45) is 0 Å². The number of nitrogens with zero attached hydrogens (tertiary/aromatic N) is 3. The molecule has 80 valence electrons. The number of anilines is 1. The predicted molar refractivity (Wildman–Crippen MR) is 54.6 cm³/mol. The zero-order chi connectivity index (χ0) is 10.9. The lowest BCUT2D eigenvalue weighted by molar-refractivity contribution is -0.385. The van der Waals surface area contributed by atoms with Gasteiger partial charge in [0, 0.05) is 5.54 Å². The van der Waals surface area contributed by atoms with E-state index in [2.05, 4.69) is 22.2 Å². The lowest BCUT2D eigenvalue weighted by Gasteiger charge is -2.38. The zero-order valence-electron chi connectivity index (χ0n) is 8.43.